The topological polar surface area (TPSA) is 69.4 Å². The summed E-state index contributed by atoms with van der Waals surface area (Å²) in [5.74, 6) is 0.745. The molecule has 0 aromatic heterocycles. The van der Waals surface area contributed by atoms with Gasteiger partial charge in [0.05, 0.1) is 17.9 Å². The Bertz CT molecular complexity index is 637. The fourth-order valence-corrected chi connectivity index (χ4v) is 2.48. The van der Waals surface area contributed by atoms with E-state index in [0.717, 1.165) is 5.84 Å². The zero-order chi connectivity index (χ0) is 12.2. The summed E-state index contributed by atoms with van der Waals surface area (Å²) in [6.45, 7) is 0.605. The minimum absolute atomic E-state index is 0.0800. The van der Waals surface area contributed by atoms with Crippen LogP contribution in [0.2, 0.25) is 0 Å². The van der Waals surface area contributed by atoms with Gasteiger partial charge < -0.3 is 4.90 Å². The highest BCUT2D eigenvalue weighted by molar-refractivity contribution is 6.04. The predicted octanol–water partition coefficient (Wildman–Crippen LogP) is 0.844. The van der Waals surface area contributed by atoms with Gasteiger partial charge in [0, 0.05) is 18.4 Å². The van der Waals surface area contributed by atoms with Crippen molar-refractivity contribution in [1.82, 2.24) is 10.3 Å². The quantitative estimate of drug-likeness (QED) is 0.681. The molecular weight excluding hydrogens is 230 g/mol. The first kappa shape index (κ1) is 9.52. The number of ketones is 1. The van der Waals surface area contributed by atoms with Gasteiger partial charge in [-0.05, 0) is 12.2 Å². The van der Waals surface area contributed by atoms with Gasteiger partial charge in [-0.1, -0.05) is 11.3 Å². The molecule has 0 bridgehead atoms. The third-order valence-electron chi connectivity index (χ3n) is 3.38. The molecule has 1 atom stereocenters. The summed E-state index contributed by atoms with van der Waals surface area (Å²) in [7, 11) is 0. The van der Waals surface area contributed by atoms with E-state index in [2.05, 4.69) is 20.8 Å². The van der Waals surface area contributed by atoms with Crippen LogP contribution < -0.4 is 5.43 Å². The molecule has 4 aliphatic rings. The zero-order valence-corrected chi connectivity index (χ0v) is 9.37. The normalized spacial score (nSPS) is 31.0. The fraction of sp³-hybridized carbons (Fsp3) is 0.167. The average molecular weight is 239 g/mol. The number of hydrogen-bond donors (Lipinski definition) is 1. The van der Waals surface area contributed by atoms with Gasteiger partial charge in [-0.3, -0.25) is 10.2 Å². The molecule has 18 heavy (non-hydrogen) atoms. The Kier molecular flexibility index (Phi) is 1.61. The van der Waals surface area contributed by atoms with E-state index in [1.54, 1.807) is 0 Å². The highest BCUT2D eigenvalue weighted by Gasteiger charge is 2.49. The van der Waals surface area contributed by atoms with Crippen LogP contribution in [0.3, 0.4) is 0 Å². The highest BCUT2D eigenvalue weighted by Crippen LogP contribution is 2.40. The van der Waals surface area contributed by atoms with Crippen LogP contribution in [0.15, 0.2) is 63.3 Å². The third kappa shape index (κ3) is 1.07. The molecule has 6 nitrogen and oxygen atoms in total. The van der Waals surface area contributed by atoms with Gasteiger partial charge in [-0.15, -0.1) is 5.11 Å². The Hall–Kier alpha value is -2.50. The summed E-state index contributed by atoms with van der Waals surface area (Å²) in [6.07, 6.45) is 10.8. The molecule has 0 aromatic carbocycles. The second-order valence-electron chi connectivity index (χ2n) is 4.46. The summed E-state index contributed by atoms with van der Waals surface area (Å²) in [5.41, 5.74) is 3.51. The van der Waals surface area contributed by atoms with E-state index in [-0.39, 0.29) is 5.78 Å². The maximum atomic E-state index is 11.6. The van der Waals surface area contributed by atoms with Crippen molar-refractivity contribution < 1.29 is 4.79 Å². The second-order valence-corrected chi connectivity index (χ2v) is 4.46. The van der Waals surface area contributed by atoms with Crippen molar-refractivity contribution in [3.63, 3.8) is 0 Å². The number of hydrogen-bond acceptors (Lipinski definition) is 6. The Morgan fingerprint density at radius 3 is 3.22 bits per heavy atom. The summed E-state index contributed by atoms with van der Waals surface area (Å²) >= 11 is 0. The van der Waals surface area contributed by atoms with Gasteiger partial charge in [0.2, 0.25) is 0 Å². The first-order chi connectivity index (χ1) is 8.78. The SMILES string of the molecule is O=C1C=C2N=C3C=CC=CN3CC23N=NNC3=C1. The molecule has 0 aromatic rings. The molecule has 0 fully saturated rings. The summed E-state index contributed by atoms with van der Waals surface area (Å²) in [6, 6.07) is 0. The van der Waals surface area contributed by atoms with E-state index in [1.165, 1.54) is 12.2 Å². The maximum Gasteiger partial charge on any atom is 0.184 e. The predicted molar refractivity (Wildman–Crippen MR) is 64.3 cm³/mol. The maximum absolute atomic E-state index is 11.6. The van der Waals surface area contributed by atoms with E-state index in [1.807, 2.05) is 29.3 Å². The number of carbonyl (C=O) groups is 1. The van der Waals surface area contributed by atoms with Crippen LogP contribution >= 0.6 is 0 Å². The van der Waals surface area contributed by atoms with Crippen molar-refractivity contribution in [2.24, 2.45) is 15.3 Å². The Balaban J connectivity index is 1.92. The largest absolute Gasteiger partial charge is 0.330 e. The van der Waals surface area contributed by atoms with E-state index in [0.29, 0.717) is 17.9 Å². The van der Waals surface area contributed by atoms with Crippen molar-refractivity contribution in [2.75, 3.05) is 6.54 Å². The average Bonchev–Trinajstić information content (AvgIpc) is 2.76. The molecule has 1 N–H and O–H groups in total. The number of nitrogens with one attached hydrogen (secondary N) is 1. The van der Waals surface area contributed by atoms with Crippen LogP contribution in [0, 0.1) is 0 Å². The standard InChI is InChI=1S/C12H9N5O/c18-8-5-9-12(10(6-8)14-16-15-12)7-17-4-2-1-3-11(17)13-9/h1-6H,7H2,(H,14,15). The Morgan fingerprint density at radius 2 is 2.28 bits per heavy atom. The minimum atomic E-state index is -0.646. The van der Waals surface area contributed by atoms with Crippen LogP contribution in [-0.2, 0) is 4.79 Å². The van der Waals surface area contributed by atoms with Crippen LogP contribution in [0.1, 0.15) is 0 Å². The van der Waals surface area contributed by atoms with Gasteiger partial charge in [0.1, 0.15) is 5.84 Å². The van der Waals surface area contributed by atoms with Crippen molar-refractivity contribution in [2.45, 2.75) is 5.54 Å². The first-order valence-corrected chi connectivity index (χ1v) is 5.64. The van der Waals surface area contributed by atoms with Crippen molar-refractivity contribution >= 4 is 11.6 Å². The minimum Gasteiger partial charge on any atom is -0.330 e. The monoisotopic (exact) mass is 239 g/mol. The number of nitrogens with zero attached hydrogens (tertiary/aromatic N) is 4. The van der Waals surface area contributed by atoms with Gasteiger partial charge in [0.15, 0.2) is 11.3 Å². The molecule has 1 spiro atoms. The molecule has 1 aliphatic carbocycles. The molecule has 4 rings (SSSR count). The molecule has 1 unspecified atom stereocenters. The number of fused-ring (bicyclic) bond motifs is 1. The number of rotatable bonds is 0. The molecule has 3 heterocycles. The third-order valence-corrected chi connectivity index (χ3v) is 3.38. The molecule has 3 aliphatic heterocycles. The van der Waals surface area contributed by atoms with Crippen LogP contribution in [0.4, 0.5) is 0 Å². The number of carbonyl (C=O) groups excluding carboxylic acids is 1. The van der Waals surface area contributed by atoms with E-state index in [9.17, 15) is 4.79 Å². The molecular formula is C12H9N5O. The molecule has 88 valence electrons. The van der Waals surface area contributed by atoms with E-state index >= 15 is 0 Å². The lowest BCUT2D eigenvalue weighted by atomic mass is 9.85. The van der Waals surface area contributed by atoms with Gasteiger partial charge >= 0.3 is 0 Å². The van der Waals surface area contributed by atoms with Crippen molar-refractivity contribution in [1.29, 1.82) is 0 Å². The van der Waals surface area contributed by atoms with E-state index in [4.69, 9.17) is 0 Å². The van der Waals surface area contributed by atoms with Crippen LogP contribution in [0.5, 0.6) is 0 Å². The summed E-state index contributed by atoms with van der Waals surface area (Å²) < 4.78 is 0. The molecule has 0 amide bonds. The molecule has 0 saturated carbocycles. The lowest BCUT2D eigenvalue weighted by molar-refractivity contribution is -0.110. The van der Waals surface area contributed by atoms with Gasteiger partial charge in [-0.2, -0.15) is 0 Å². The number of amidine groups is 1. The first-order valence-electron chi connectivity index (χ1n) is 5.64. The van der Waals surface area contributed by atoms with Crippen molar-refractivity contribution in [3.05, 3.63) is 48.0 Å². The Labute approximate surface area is 103 Å². The molecule has 6 heteroatoms. The smallest absolute Gasteiger partial charge is 0.184 e. The highest BCUT2D eigenvalue weighted by atomic mass is 16.1. The lowest BCUT2D eigenvalue weighted by Gasteiger charge is -2.38. The Morgan fingerprint density at radius 1 is 1.33 bits per heavy atom. The molecule has 0 radical (unpaired) electrons. The summed E-state index contributed by atoms with van der Waals surface area (Å²) in [4.78, 5) is 18.2. The molecule has 0 saturated heterocycles. The lowest BCUT2D eigenvalue weighted by Crippen LogP contribution is -2.49. The number of aliphatic imine (C=N–C) groups is 1. The van der Waals surface area contributed by atoms with Gasteiger partial charge in [0.25, 0.3) is 0 Å². The van der Waals surface area contributed by atoms with Crippen LogP contribution in [0.25, 0.3) is 0 Å². The van der Waals surface area contributed by atoms with Crippen molar-refractivity contribution in [3.8, 4) is 0 Å². The summed E-state index contributed by atoms with van der Waals surface area (Å²) in [5, 5.41) is 8.11. The van der Waals surface area contributed by atoms with Crippen LogP contribution in [-0.4, -0.2) is 28.6 Å². The van der Waals surface area contributed by atoms with E-state index < -0.39 is 5.54 Å². The zero-order valence-electron chi connectivity index (χ0n) is 9.37. The number of allylic oxidation sites excluding steroid dienone is 4. The fourth-order valence-electron chi connectivity index (χ4n) is 2.48. The van der Waals surface area contributed by atoms with Gasteiger partial charge in [-0.25, -0.2) is 4.99 Å². The second kappa shape index (κ2) is 3.04.